The fourth-order valence-electron chi connectivity index (χ4n) is 1.46. The molecule has 1 unspecified atom stereocenters. The molecule has 1 heterocycles. The zero-order valence-electron chi connectivity index (χ0n) is 7.21. The van der Waals surface area contributed by atoms with Crippen LogP contribution in [0.15, 0.2) is 18.2 Å². The summed E-state index contributed by atoms with van der Waals surface area (Å²) in [5.41, 5.74) is -1.83. The van der Waals surface area contributed by atoms with Crippen LogP contribution in [-0.2, 0) is 10.9 Å². The standard InChI is InChI=1S/C9H5F3O3/c10-9(11,12)5-3-1-2-4-6(5)8(14)15-7(4)13/h1-3,7,13H. The van der Waals surface area contributed by atoms with E-state index < -0.39 is 29.6 Å². The number of cyclic esters (lactones) is 1. The summed E-state index contributed by atoms with van der Waals surface area (Å²) in [5, 5.41) is 9.13. The number of alkyl halides is 3. The number of halogens is 3. The number of hydrogen-bond acceptors (Lipinski definition) is 3. The van der Waals surface area contributed by atoms with E-state index in [-0.39, 0.29) is 5.56 Å². The second kappa shape index (κ2) is 2.96. The van der Waals surface area contributed by atoms with Gasteiger partial charge >= 0.3 is 12.1 Å². The third-order valence-electron chi connectivity index (χ3n) is 2.09. The highest BCUT2D eigenvalue weighted by Crippen LogP contribution is 2.38. The average molecular weight is 218 g/mol. The van der Waals surface area contributed by atoms with Crippen LogP contribution >= 0.6 is 0 Å². The molecular weight excluding hydrogens is 213 g/mol. The minimum absolute atomic E-state index is 0.144. The van der Waals surface area contributed by atoms with E-state index in [9.17, 15) is 18.0 Å². The number of fused-ring (bicyclic) bond motifs is 1. The van der Waals surface area contributed by atoms with Crippen LogP contribution in [-0.4, -0.2) is 11.1 Å². The number of carbonyl (C=O) groups excluding carboxylic acids is 1. The van der Waals surface area contributed by atoms with Crippen LogP contribution in [0.5, 0.6) is 0 Å². The first-order chi connectivity index (χ1) is 6.91. The average Bonchev–Trinajstić information content (AvgIpc) is 2.41. The van der Waals surface area contributed by atoms with Gasteiger partial charge < -0.3 is 9.84 Å². The quantitative estimate of drug-likeness (QED) is 0.676. The van der Waals surface area contributed by atoms with Crippen LogP contribution in [0.1, 0.15) is 27.8 Å². The monoisotopic (exact) mass is 218 g/mol. The van der Waals surface area contributed by atoms with Crippen molar-refractivity contribution in [1.29, 1.82) is 0 Å². The van der Waals surface area contributed by atoms with Crippen molar-refractivity contribution in [3.63, 3.8) is 0 Å². The van der Waals surface area contributed by atoms with Crippen molar-refractivity contribution < 1.29 is 27.8 Å². The summed E-state index contributed by atoms with van der Waals surface area (Å²) in [6.07, 6.45) is -6.23. The Morgan fingerprint density at radius 3 is 2.60 bits per heavy atom. The molecule has 0 aromatic heterocycles. The van der Waals surface area contributed by atoms with Crippen molar-refractivity contribution in [2.45, 2.75) is 12.5 Å². The van der Waals surface area contributed by atoms with Crippen molar-refractivity contribution in [2.75, 3.05) is 0 Å². The van der Waals surface area contributed by atoms with Crippen LogP contribution in [0.2, 0.25) is 0 Å². The third kappa shape index (κ3) is 1.46. The summed E-state index contributed by atoms with van der Waals surface area (Å²) in [6, 6.07) is 3.12. The molecule has 1 N–H and O–H groups in total. The van der Waals surface area contributed by atoms with Gasteiger partial charge in [-0.1, -0.05) is 12.1 Å². The van der Waals surface area contributed by atoms with Gasteiger partial charge in [-0.25, -0.2) is 4.79 Å². The molecular formula is C9H5F3O3. The molecule has 1 aliphatic rings. The Kier molecular flexibility index (Phi) is 1.97. The van der Waals surface area contributed by atoms with Gasteiger partial charge in [0, 0.05) is 5.56 Å². The molecule has 1 aromatic carbocycles. The second-order valence-corrected chi connectivity index (χ2v) is 3.03. The molecule has 0 bridgehead atoms. The first kappa shape index (κ1) is 9.97. The van der Waals surface area contributed by atoms with E-state index >= 15 is 0 Å². The van der Waals surface area contributed by atoms with Crippen LogP contribution in [0.25, 0.3) is 0 Å². The van der Waals surface area contributed by atoms with Gasteiger partial charge in [0.1, 0.15) is 0 Å². The Hall–Kier alpha value is -1.56. The summed E-state index contributed by atoms with van der Waals surface area (Å²) >= 11 is 0. The summed E-state index contributed by atoms with van der Waals surface area (Å²) in [4.78, 5) is 11.1. The molecule has 3 nitrogen and oxygen atoms in total. The molecule has 0 amide bonds. The van der Waals surface area contributed by atoms with E-state index in [2.05, 4.69) is 4.74 Å². The van der Waals surface area contributed by atoms with Gasteiger partial charge in [0.05, 0.1) is 11.1 Å². The first-order valence-corrected chi connectivity index (χ1v) is 4.00. The highest BCUT2D eigenvalue weighted by Gasteiger charge is 2.41. The zero-order valence-corrected chi connectivity index (χ0v) is 7.21. The summed E-state index contributed by atoms with van der Waals surface area (Å²) in [7, 11) is 0. The third-order valence-corrected chi connectivity index (χ3v) is 2.09. The lowest BCUT2D eigenvalue weighted by molar-refractivity contribution is -0.138. The number of aliphatic hydroxyl groups excluding tert-OH is 1. The van der Waals surface area contributed by atoms with Crippen molar-refractivity contribution in [1.82, 2.24) is 0 Å². The van der Waals surface area contributed by atoms with Crippen LogP contribution < -0.4 is 0 Å². The summed E-state index contributed by atoms with van der Waals surface area (Å²) in [5.74, 6) is -1.15. The molecule has 0 spiro atoms. The van der Waals surface area contributed by atoms with Crippen molar-refractivity contribution >= 4 is 5.97 Å². The molecule has 1 aromatic rings. The number of hydrogen-bond donors (Lipinski definition) is 1. The van der Waals surface area contributed by atoms with E-state index in [0.29, 0.717) is 0 Å². The molecule has 0 radical (unpaired) electrons. The summed E-state index contributed by atoms with van der Waals surface area (Å²) in [6.45, 7) is 0. The van der Waals surface area contributed by atoms with Gasteiger partial charge in [-0.05, 0) is 6.07 Å². The lowest BCUT2D eigenvalue weighted by Gasteiger charge is -2.08. The number of ether oxygens (including phenoxy) is 1. The predicted octanol–water partition coefficient (Wildman–Crippen LogP) is 1.87. The molecule has 0 fully saturated rings. The van der Waals surface area contributed by atoms with Crippen LogP contribution in [0.4, 0.5) is 13.2 Å². The van der Waals surface area contributed by atoms with Crippen molar-refractivity contribution in [2.24, 2.45) is 0 Å². The fraction of sp³-hybridized carbons (Fsp3) is 0.222. The fourth-order valence-corrected chi connectivity index (χ4v) is 1.46. The Morgan fingerprint density at radius 2 is 2.00 bits per heavy atom. The molecule has 1 aliphatic heterocycles. The maximum Gasteiger partial charge on any atom is 0.417 e. The zero-order chi connectivity index (χ0) is 11.2. The lowest BCUT2D eigenvalue weighted by Crippen LogP contribution is -2.11. The van der Waals surface area contributed by atoms with Crippen molar-refractivity contribution in [3.05, 3.63) is 34.9 Å². The van der Waals surface area contributed by atoms with Gasteiger partial charge in [-0.15, -0.1) is 0 Å². The van der Waals surface area contributed by atoms with Gasteiger partial charge in [-0.2, -0.15) is 13.2 Å². The number of esters is 1. The number of rotatable bonds is 0. The molecule has 6 heteroatoms. The first-order valence-electron chi connectivity index (χ1n) is 4.00. The molecule has 2 rings (SSSR count). The highest BCUT2D eigenvalue weighted by atomic mass is 19.4. The molecule has 0 aliphatic carbocycles. The van der Waals surface area contributed by atoms with Gasteiger partial charge in [0.2, 0.25) is 6.29 Å². The molecule has 15 heavy (non-hydrogen) atoms. The Balaban J connectivity index is 2.66. The van der Waals surface area contributed by atoms with E-state index in [1.54, 1.807) is 0 Å². The summed E-state index contributed by atoms with van der Waals surface area (Å²) < 4.78 is 41.6. The van der Waals surface area contributed by atoms with Gasteiger partial charge in [-0.3, -0.25) is 0 Å². The highest BCUT2D eigenvalue weighted by molar-refractivity contribution is 5.95. The molecule has 1 atom stereocenters. The second-order valence-electron chi connectivity index (χ2n) is 3.03. The number of carbonyl (C=O) groups is 1. The lowest BCUT2D eigenvalue weighted by atomic mass is 10.0. The topological polar surface area (TPSA) is 46.5 Å². The van der Waals surface area contributed by atoms with Gasteiger partial charge in [0.15, 0.2) is 0 Å². The minimum atomic E-state index is -4.63. The molecule has 0 saturated carbocycles. The Bertz CT molecular complexity index is 425. The minimum Gasteiger partial charge on any atom is -0.428 e. The van der Waals surface area contributed by atoms with E-state index in [1.807, 2.05) is 0 Å². The smallest absolute Gasteiger partial charge is 0.417 e. The molecule has 80 valence electrons. The number of benzene rings is 1. The predicted molar refractivity (Wildman–Crippen MR) is 41.8 cm³/mol. The van der Waals surface area contributed by atoms with E-state index in [1.165, 1.54) is 6.07 Å². The number of aliphatic hydroxyl groups is 1. The van der Waals surface area contributed by atoms with Crippen LogP contribution in [0.3, 0.4) is 0 Å². The van der Waals surface area contributed by atoms with Crippen LogP contribution in [0, 0.1) is 0 Å². The Labute approximate surface area is 82.1 Å². The van der Waals surface area contributed by atoms with Gasteiger partial charge in [0.25, 0.3) is 0 Å². The molecule has 0 saturated heterocycles. The largest absolute Gasteiger partial charge is 0.428 e. The normalized spacial score (nSPS) is 20.0. The van der Waals surface area contributed by atoms with Crippen molar-refractivity contribution in [3.8, 4) is 0 Å². The Morgan fingerprint density at radius 1 is 1.33 bits per heavy atom. The maximum absolute atomic E-state index is 12.5. The van der Waals surface area contributed by atoms with E-state index in [4.69, 9.17) is 5.11 Å². The maximum atomic E-state index is 12.5. The van der Waals surface area contributed by atoms with E-state index in [0.717, 1.165) is 12.1 Å². The SMILES string of the molecule is O=C1OC(O)c2cccc(C(F)(F)F)c21.